The molecule has 10 rings (SSSR count). The molecule has 0 fully saturated rings. The third-order valence-corrected chi connectivity index (χ3v) is 22.7. The first kappa shape index (κ1) is 95.2. The Morgan fingerprint density at radius 1 is 0.389 bits per heavy atom. The molecule has 5 unspecified atom stereocenters. The molecule has 10 aromatic rings. The minimum atomic E-state index is -1.14. The van der Waals surface area contributed by atoms with Gasteiger partial charge in [0.2, 0.25) is 60.0 Å². The predicted molar refractivity (Wildman–Crippen MR) is 510 cm³/mol. The van der Waals surface area contributed by atoms with E-state index in [1.54, 1.807) is 51.8 Å². The van der Waals surface area contributed by atoms with E-state index in [0.29, 0.717) is 45.4 Å². The maximum Gasteiger partial charge on any atom is 0.243 e. The smallest absolute Gasteiger partial charge is 0.243 e. The van der Waals surface area contributed by atoms with Gasteiger partial charge in [0.1, 0.15) is 54.3 Å². The van der Waals surface area contributed by atoms with Crippen LogP contribution < -0.4 is 65.1 Å². The van der Waals surface area contributed by atoms with Crippen LogP contribution >= 0.6 is 0 Å². The van der Waals surface area contributed by atoms with E-state index in [4.69, 9.17) is 17.0 Å². The molecule has 0 spiro atoms. The van der Waals surface area contributed by atoms with Crippen molar-refractivity contribution in [2.45, 2.75) is 184 Å². The summed E-state index contributed by atoms with van der Waals surface area (Å²) in [5, 5.41) is 20.3. The number of aromatic amines is 4. The average molecular weight is 1790 g/mol. The number of rotatable bonds is 56. The lowest BCUT2D eigenvalue weighted by atomic mass is 10.0. The molecule has 0 radical (unpaired) electrons. The molecule has 32 nitrogen and oxygen atoms in total. The number of benzene rings is 6. The number of fused-ring (bicyclic) bond motifs is 4. The summed E-state index contributed by atoms with van der Waals surface area (Å²) in [6.07, 6.45) is 12.7. The lowest BCUT2D eigenvalue weighted by molar-refractivity contribution is -0.132. The van der Waals surface area contributed by atoms with Crippen molar-refractivity contribution in [3.05, 3.63) is 229 Å². The van der Waals surface area contributed by atoms with Gasteiger partial charge in [0.05, 0.1) is 37.3 Å². The molecule has 6 aromatic carbocycles. The number of nitrogens with zero attached hydrogens (tertiary/aromatic N) is 4. The van der Waals surface area contributed by atoms with Gasteiger partial charge < -0.3 is 87.6 Å². The summed E-state index contributed by atoms with van der Waals surface area (Å²) in [7, 11) is 3.13. The highest BCUT2D eigenvalue weighted by Crippen LogP contribution is 2.25. The number of amides is 10. The number of nitrogens with two attached hydrogens (primary N) is 2. The average Bonchev–Trinajstić information content (AvgIpc) is 1.70. The van der Waals surface area contributed by atoms with Crippen molar-refractivity contribution in [2.24, 2.45) is 11.5 Å². The summed E-state index contributed by atoms with van der Waals surface area (Å²) in [6.45, 7) is 14.0. The number of carbonyl (C=O) groups is 12. The zero-order valence-electron chi connectivity index (χ0n) is 79.2. The summed E-state index contributed by atoms with van der Waals surface area (Å²) >= 11 is 0. The number of para-hydroxylation sites is 4. The van der Waals surface area contributed by atoms with Crippen LogP contribution in [-0.2, 0) is 96.1 Å². The molecule has 18 N–H and O–H groups in total. The second-order valence-corrected chi connectivity index (χ2v) is 32.9. The fourth-order valence-electron chi connectivity index (χ4n) is 15.4. The third-order valence-electron chi connectivity index (χ3n) is 22.7. The number of hydrazine groups is 2. The van der Waals surface area contributed by atoms with Crippen molar-refractivity contribution in [1.82, 2.24) is 93.1 Å². The molecule has 32 heteroatoms. The highest BCUT2D eigenvalue weighted by atomic mass is 16.2. The van der Waals surface area contributed by atoms with Crippen molar-refractivity contribution in [3.63, 3.8) is 0 Å². The van der Waals surface area contributed by atoms with Gasteiger partial charge in [-0.25, -0.2) is 21.7 Å². The number of hydrogen-bond donors (Lipinski definition) is 16. The first-order valence-electron chi connectivity index (χ1n) is 46.6. The molecule has 4 heterocycles. The monoisotopic (exact) mass is 1790 g/mol. The van der Waals surface area contributed by atoms with Gasteiger partial charge in [-0.05, 0) is 149 Å². The Labute approximate surface area is 770 Å². The Hall–Kier alpha value is -13.4. The fourth-order valence-corrected chi connectivity index (χ4v) is 15.4. The SMILES string of the molecule is [2H]C(=O)C(Cc1c[nH]c2ccccc12)NC(=O)[C@H](C)NN[C@@H](Cc1c[nH]c2ccccc12)C(=O)NC(Cc1ccccc1)C(=O)NC(CCCCCN(CC#CCN(C)C([2H])=O)CC=C)C(N)=O.[2H]C(=O)C(Cc1c[nH]c2ccccc12)NC(=O)[C@H](C)NN[C@@H](Cc1c[nH]c2ccccc12)C(=O)NC(Cc1ccccc1)C(=O)N[C@@H](CCCCN(CCC)CCCCN(C)C([2H])=O)C(N)=O. The Kier molecular flexibility index (Phi) is 39.3. The zero-order valence-corrected chi connectivity index (χ0v) is 75.2. The van der Waals surface area contributed by atoms with Gasteiger partial charge in [0.25, 0.3) is 0 Å². The summed E-state index contributed by atoms with van der Waals surface area (Å²) in [6, 6.07) is 38.0. The number of H-pyrrole nitrogens is 4. The number of aromatic nitrogens is 4. The zero-order chi connectivity index (χ0) is 97.3. The van der Waals surface area contributed by atoms with Crippen LogP contribution in [0.3, 0.4) is 0 Å². The van der Waals surface area contributed by atoms with Gasteiger partial charge in [0, 0.05) is 134 Å². The van der Waals surface area contributed by atoms with Crippen LogP contribution in [0.5, 0.6) is 0 Å². The molecule has 0 aliphatic heterocycles. The Bertz CT molecular complexity index is 5670. The summed E-state index contributed by atoms with van der Waals surface area (Å²) in [5.74, 6) is 1.02. The maximum absolute atomic E-state index is 14.5. The molecule has 0 aliphatic rings. The number of aldehydes is 2. The van der Waals surface area contributed by atoms with Crippen LogP contribution in [0, 0.1) is 11.8 Å². The van der Waals surface area contributed by atoms with Crippen LogP contribution in [0.15, 0.2) is 195 Å². The number of unbranched alkanes of at least 4 members (excludes halogenated alkanes) is 4. The van der Waals surface area contributed by atoms with E-state index in [9.17, 15) is 57.5 Å². The fraction of sp³-hybridized carbons (Fsp3) is 0.394. The van der Waals surface area contributed by atoms with Crippen LogP contribution in [0.2, 0.25) is 0 Å². The molecule has 131 heavy (non-hydrogen) atoms. The standard InChI is InChI=1S/C50H62N10O6.C49H66N10O6/c1-4-24-60(27-16-15-25-59(3)34-62)26-14-6-9-23-44(47(51)63)55-49(65)45(28-36-17-7-5-8-18-36)56-50(66)46(30-38-32-53-43-22-13-11-20-41(38)43)58-57-35(2)48(64)54-39(33-61)29-37-31-52-42-21-12-10-19-40(37)42;1-4-23-59(26-15-14-24-58(3)33-61)25-13-12-22-43(46(50)62)54-48(64)44(27-35-16-6-5-7-17-35)55-49(65)45(29-37-31-52-42-21-11-9-19-40(37)42)57-56-34(2)47(63)53-38(32-60)28-36-30-51-41-20-10-8-18-39(36)41/h4-5,7-8,10-13,17-22,31-35,39,44-46,52-53,57-58H,1,6,9,14,23-30H2,2-3H3,(H2,51,63)(H,54,64)(H,55,65)(H,56,66);5-11,16-21,30-34,38,43-45,51-52,56-57H,4,12-15,22-29H2,1-3H3,(H2,50,62)(H,53,63)(H,54,64)(H,55,65)/t35-,39?,44?,45?,46-;34-,38?,43-,44?,45-/m00/s1/i33D,34D;32D,33D. The molecular formula is C99H128N20O12. The largest absolute Gasteiger partial charge is 0.368 e. The minimum absolute atomic E-state index is 0.0899. The molecule has 0 bridgehead atoms. The highest BCUT2D eigenvalue weighted by Gasteiger charge is 2.34. The van der Waals surface area contributed by atoms with Gasteiger partial charge in [-0.3, -0.25) is 52.8 Å². The molecule has 0 saturated heterocycles. The van der Waals surface area contributed by atoms with E-state index < -0.39 is 133 Å². The van der Waals surface area contributed by atoms with Crippen LogP contribution in [0.4, 0.5) is 0 Å². The van der Waals surface area contributed by atoms with Crippen LogP contribution in [-0.4, -0.2) is 239 Å². The van der Waals surface area contributed by atoms with Crippen molar-refractivity contribution >= 4 is 116 Å². The maximum atomic E-state index is 14.5. The lowest BCUT2D eigenvalue weighted by Gasteiger charge is -2.26. The molecular weight excluding hydrogens is 1660 g/mol. The number of primary amides is 2. The Balaban J connectivity index is 0.000000303. The van der Waals surface area contributed by atoms with Crippen LogP contribution in [0.1, 0.15) is 124 Å². The van der Waals surface area contributed by atoms with Crippen molar-refractivity contribution in [2.75, 3.05) is 66.5 Å². The Morgan fingerprint density at radius 3 is 1.12 bits per heavy atom. The molecule has 10 amide bonds. The second kappa shape index (κ2) is 54.2. The normalized spacial score (nSPS) is 14.0. The first-order valence-corrected chi connectivity index (χ1v) is 44.6. The summed E-state index contributed by atoms with van der Waals surface area (Å²) in [4.78, 5) is 177. The topological polar surface area (TPSA) is 453 Å². The molecule has 0 aliphatic carbocycles. The quantitative estimate of drug-likeness (QED) is 0.00660. The van der Waals surface area contributed by atoms with E-state index in [1.807, 2.05) is 158 Å². The first-order chi connectivity index (χ1) is 65.0. The number of hydrogen-bond acceptors (Lipinski definition) is 18. The van der Waals surface area contributed by atoms with Crippen molar-refractivity contribution in [3.8, 4) is 11.8 Å². The van der Waals surface area contributed by atoms with E-state index >= 15 is 0 Å². The summed E-state index contributed by atoms with van der Waals surface area (Å²) in [5.41, 5.74) is 31.6. The van der Waals surface area contributed by atoms with Gasteiger partial charge >= 0.3 is 0 Å². The second-order valence-electron chi connectivity index (χ2n) is 32.9. The third kappa shape index (κ3) is 32.9. The molecule has 0 saturated carbocycles. The van der Waals surface area contributed by atoms with E-state index in [0.717, 1.165) is 135 Å². The number of nitrogens with one attached hydrogen (secondary N) is 14. The highest BCUT2D eigenvalue weighted by molar-refractivity contribution is 5.96. The predicted octanol–water partition coefficient (Wildman–Crippen LogP) is 6.22. The van der Waals surface area contributed by atoms with E-state index in [1.165, 1.54) is 16.8 Å². The lowest BCUT2D eigenvalue weighted by Crippen LogP contribution is -2.60. The molecule has 4 aromatic heterocycles. The van der Waals surface area contributed by atoms with Crippen molar-refractivity contribution < 1.29 is 63.0 Å². The molecule has 696 valence electrons. The minimum Gasteiger partial charge on any atom is -0.368 e. The van der Waals surface area contributed by atoms with E-state index in [2.05, 4.69) is 109 Å². The van der Waals surface area contributed by atoms with Crippen LogP contribution in [0.25, 0.3) is 43.6 Å². The van der Waals surface area contributed by atoms with Gasteiger partial charge in [-0.15, -0.1) is 6.58 Å². The van der Waals surface area contributed by atoms with E-state index in [-0.39, 0.29) is 51.5 Å². The molecule has 10 atom stereocenters. The summed E-state index contributed by atoms with van der Waals surface area (Å²) < 4.78 is 30.2. The van der Waals surface area contributed by atoms with Gasteiger partial charge in [-0.1, -0.05) is 171 Å². The van der Waals surface area contributed by atoms with Gasteiger partial charge in [0.15, 0.2) is 0 Å². The number of carbonyl (C=O) groups excluding carboxylic acids is 12. The Morgan fingerprint density at radius 2 is 0.733 bits per heavy atom. The van der Waals surface area contributed by atoms with Gasteiger partial charge in [-0.2, -0.15) is 0 Å². The van der Waals surface area contributed by atoms with Crippen molar-refractivity contribution in [1.29, 1.82) is 0 Å².